The van der Waals surface area contributed by atoms with Crippen LogP contribution in [0.3, 0.4) is 0 Å². The first kappa shape index (κ1) is 14.4. The van der Waals surface area contributed by atoms with Gasteiger partial charge in [0.1, 0.15) is 0 Å². The van der Waals surface area contributed by atoms with Crippen molar-refractivity contribution in [1.29, 1.82) is 0 Å². The highest BCUT2D eigenvalue weighted by molar-refractivity contribution is 5.93. The number of rotatable bonds is 3. The fraction of sp³-hybridized carbons (Fsp3) is 0.429. The lowest BCUT2D eigenvalue weighted by Crippen LogP contribution is -2.48. The van der Waals surface area contributed by atoms with Crippen LogP contribution in [0.5, 0.6) is 0 Å². The van der Waals surface area contributed by atoms with Crippen molar-refractivity contribution in [3.63, 3.8) is 0 Å². The van der Waals surface area contributed by atoms with E-state index in [0.717, 1.165) is 31.8 Å². The van der Waals surface area contributed by atoms with E-state index in [1.807, 2.05) is 4.90 Å². The molecule has 1 N–H and O–H groups in total. The molecule has 0 saturated carbocycles. The van der Waals surface area contributed by atoms with Gasteiger partial charge in [0.15, 0.2) is 5.82 Å². The van der Waals surface area contributed by atoms with Crippen LogP contribution < -0.4 is 10.2 Å². The van der Waals surface area contributed by atoms with Gasteiger partial charge in [-0.3, -0.25) is 9.48 Å². The summed E-state index contributed by atoms with van der Waals surface area (Å²) >= 11 is 0. The molecule has 3 rings (SSSR count). The zero-order valence-electron chi connectivity index (χ0n) is 12.2. The highest BCUT2D eigenvalue weighted by Crippen LogP contribution is 2.16. The van der Waals surface area contributed by atoms with Crippen LogP contribution in [0.4, 0.5) is 10.3 Å². The molecule has 8 heteroatoms. The van der Waals surface area contributed by atoms with Crippen molar-refractivity contribution in [2.24, 2.45) is 7.05 Å². The van der Waals surface area contributed by atoms with Gasteiger partial charge in [0, 0.05) is 32.4 Å². The van der Waals surface area contributed by atoms with Gasteiger partial charge >= 0.3 is 0 Å². The molecule has 1 saturated heterocycles. The van der Waals surface area contributed by atoms with Gasteiger partial charge in [0.05, 0.1) is 24.2 Å². The molecule has 0 aliphatic carbocycles. The average molecular weight is 304 g/mol. The van der Waals surface area contributed by atoms with Gasteiger partial charge in [-0.15, -0.1) is 0 Å². The number of nitrogens with zero attached hydrogens (tertiary/aromatic N) is 5. The predicted octanol–water partition coefficient (Wildman–Crippen LogP) is 0.748. The molecule has 0 bridgehead atoms. The quantitative estimate of drug-likeness (QED) is 0.905. The van der Waals surface area contributed by atoms with Crippen molar-refractivity contribution in [1.82, 2.24) is 25.1 Å². The number of piperidine rings is 1. The largest absolute Gasteiger partial charge is 0.347 e. The Morgan fingerprint density at radius 2 is 2.14 bits per heavy atom. The van der Waals surface area contributed by atoms with Gasteiger partial charge in [-0.2, -0.15) is 5.10 Å². The number of carbonyl (C=O) groups excluding carboxylic acids is 1. The Hall–Kier alpha value is -2.51. The highest BCUT2D eigenvalue weighted by atomic mass is 19.1. The van der Waals surface area contributed by atoms with Crippen LogP contribution in [0.15, 0.2) is 24.8 Å². The first-order chi connectivity index (χ1) is 10.6. The molecule has 2 aromatic rings. The highest BCUT2D eigenvalue weighted by Gasteiger charge is 2.23. The summed E-state index contributed by atoms with van der Waals surface area (Å²) in [6.45, 7) is 1.41. The molecule has 1 atom stereocenters. The van der Waals surface area contributed by atoms with Crippen molar-refractivity contribution >= 4 is 11.9 Å². The second-order valence-electron chi connectivity index (χ2n) is 5.36. The minimum Gasteiger partial charge on any atom is -0.347 e. The molecule has 1 unspecified atom stereocenters. The Morgan fingerprint density at radius 1 is 1.36 bits per heavy atom. The number of aryl methyl sites for hydroxylation is 1. The minimum atomic E-state index is -0.456. The molecule has 1 fully saturated rings. The smallest absolute Gasteiger partial charge is 0.254 e. The monoisotopic (exact) mass is 304 g/mol. The zero-order chi connectivity index (χ0) is 15.5. The Morgan fingerprint density at radius 3 is 2.82 bits per heavy atom. The van der Waals surface area contributed by atoms with Crippen LogP contribution in [-0.2, 0) is 7.05 Å². The summed E-state index contributed by atoms with van der Waals surface area (Å²) in [5.74, 6) is -0.108. The van der Waals surface area contributed by atoms with Crippen LogP contribution in [0.2, 0.25) is 0 Å². The van der Waals surface area contributed by atoms with E-state index in [-0.39, 0.29) is 11.9 Å². The Labute approximate surface area is 127 Å². The summed E-state index contributed by atoms with van der Waals surface area (Å²) in [7, 11) is 1.77. The molecule has 22 heavy (non-hydrogen) atoms. The van der Waals surface area contributed by atoms with Crippen molar-refractivity contribution in [2.75, 3.05) is 18.0 Å². The molecule has 1 aliphatic rings. The SMILES string of the molecule is Cn1cc(C(=O)NC2CCCN(c3ncc(F)cn3)C2)cn1. The molecular formula is C14H17FN6O. The van der Waals surface area contributed by atoms with Gasteiger partial charge in [0.25, 0.3) is 5.91 Å². The van der Waals surface area contributed by atoms with Crippen molar-refractivity contribution < 1.29 is 9.18 Å². The van der Waals surface area contributed by atoms with Gasteiger partial charge in [0.2, 0.25) is 5.95 Å². The first-order valence-corrected chi connectivity index (χ1v) is 7.14. The summed E-state index contributed by atoms with van der Waals surface area (Å²) in [5.41, 5.74) is 0.539. The van der Waals surface area contributed by atoms with E-state index in [1.165, 1.54) is 0 Å². The molecule has 7 nitrogen and oxygen atoms in total. The van der Waals surface area contributed by atoms with Crippen LogP contribution >= 0.6 is 0 Å². The van der Waals surface area contributed by atoms with Crippen LogP contribution in [0, 0.1) is 5.82 Å². The van der Waals surface area contributed by atoms with Gasteiger partial charge in [-0.05, 0) is 12.8 Å². The lowest BCUT2D eigenvalue weighted by molar-refractivity contribution is 0.0933. The van der Waals surface area contributed by atoms with Crippen molar-refractivity contribution in [3.8, 4) is 0 Å². The first-order valence-electron chi connectivity index (χ1n) is 7.14. The maximum atomic E-state index is 12.9. The Kier molecular flexibility index (Phi) is 3.99. The Bertz CT molecular complexity index is 656. The number of hydrogen-bond acceptors (Lipinski definition) is 5. The lowest BCUT2D eigenvalue weighted by atomic mass is 10.1. The number of anilines is 1. The summed E-state index contributed by atoms with van der Waals surface area (Å²) in [5, 5.41) is 6.99. The summed E-state index contributed by atoms with van der Waals surface area (Å²) in [6.07, 6.45) is 7.33. The van der Waals surface area contributed by atoms with Crippen molar-refractivity contribution in [3.05, 3.63) is 36.2 Å². The molecule has 0 spiro atoms. The third kappa shape index (κ3) is 3.21. The third-order valence-electron chi connectivity index (χ3n) is 3.61. The summed E-state index contributed by atoms with van der Waals surface area (Å²) in [6, 6.07) is 0.00936. The lowest BCUT2D eigenvalue weighted by Gasteiger charge is -2.33. The minimum absolute atomic E-state index is 0.00936. The van der Waals surface area contributed by atoms with Crippen LogP contribution in [0.25, 0.3) is 0 Å². The standard InChI is InChI=1S/C14H17FN6O/c1-20-8-10(5-18-20)13(22)19-12-3-2-4-21(9-12)14-16-6-11(15)7-17-14/h5-8,12H,2-4,9H2,1H3,(H,19,22). The number of aromatic nitrogens is 4. The zero-order valence-corrected chi connectivity index (χ0v) is 12.2. The normalized spacial score (nSPS) is 18.3. The van der Waals surface area contributed by atoms with Gasteiger partial charge < -0.3 is 10.2 Å². The van der Waals surface area contributed by atoms with Crippen LogP contribution in [-0.4, -0.2) is 44.8 Å². The third-order valence-corrected chi connectivity index (χ3v) is 3.61. The second-order valence-corrected chi connectivity index (χ2v) is 5.36. The fourth-order valence-electron chi connectivity index (χ4n) is 2.55. The molecule has 2 aromatic heterocycles. The van der Waals surface area contributed by atoms with E-state index in [4.69, 9.17) is 0 Å². The van der Waals surface area contributed by atoms with Gasteiger partial charge in [-0.1, -0.05) is 0 Å². The summed E-state index contributed by atoms with van der Waals surface area (Å²) in [4.78, 5) is 22.1. The second kappa shape index (κ2) is 6.08. The number of amides is 1. The summed E-state index contributed by atoms with van der Waals surface area (Å²) < 4.78 is 14.5. The maximum absolute atomic E-state index is 12.9. The van der Waals surface area contributed by atoms with E-state index in [2.05, 4.69) is 20.4 Å². The Balaban J connectivity index is 1.63. The van der Waals surface area contributed by atoms with Crippen LogP contribution in [0.1, 0.15) is 23.2 Å². The molecule has 0 radical (unpaired) electrons. The molecule has 3 heterocycles. The number of hydrogen-bond donors (Lipinski definition) is 1. The molecule has 1 aliphatic heterocycles. The topological polar surface area (TPSA) is 75.9 Å². The molecule has 0 aromatic carbocycles. The van der Waals surface area contributed by atoms with E-state index in [9.17, 15) is 9.18 Å². The van der Waals surface area contributed by atoms with E-state index in [1.54, 1.807) is 24.1 Å². The molecule has 116 valence electrons. The number of halogens is 1. The van der Waals surface area contributed by atoms with E-state index in [0.29, 0.717) is 18.1 Å². The number of nitrogens with one attached hydrogen (secondary N) is 1. The molecular weight excluding hydrogens is 287 g/mol. The van der Waals surface area contributed by atoms with E-state index >= 15 is 0 Å². The van der Waals surface area contributed by atoms with E-state index < -0.39 is 5.82 Å². The maximum Gasteiger partial charge on any atom is 0.254 e. The van der Waals surface area contributed by atoms with Gasteiger partial charge in [-0.25, -0.2) is 14.4 Å². The predicted molar refractivity (Wildman–Crippen MR) is 77.9 cm³/mol. The molecule has 1 amide bonds. The fourth-order valence-corrected chi connectivity index (χ4v) is 2.55. The van der Waals surface area contributed by atoms with Crippen molar-refractivity contribution in [2.45, 2.75) is 18.9 Å². The number of carbonyl (C=O) groups is 1. The average Bonchev–Trinajstić information content (AvgIpc) is 2.95.